The van der Waals surface area contributed by atoms with Gasteiger partial charge in [-0.1, -0.05) is 23.7 Å². The van der Waals surface area contributed by atoms with Gasteiger partial charge in [0.1, 0.15) is 0 Å². The number of hydrogen-bond donors (Lipinski definition) is 2. The fraction of sp³-hybridized carbons (Fsp3) is 0.0476. The Hall–Kier alpha value is -2.94. The van der Waals surface area contributed by atoms with Crippen molar-refractivity contribution < 1.29 is 13.2 Å². The number of halogens is 1. The van der Waals surface area contributed by atoms with Crippen LogP contribution in [-0.2, 0) is 10.0 Å². The molecule has 0 bridgehead atoms. The molecule has 0 unspecified atom stereocenters. The molecule has 0 spiro atoms. The molecule has 152 valence electrons. The van der Waals surface area contributed by atoms with Gasteiger partial charge in [0.15, 0.2) is 0 Å². The fourth-order valence-electron chi connectivity index (χ4n) is 2.85. The zero-order valence-corrected chi connectivity index (χ0v) is 18.1. The molecule has 30 heavy (non-hydrogen) atoms. The summed E-state index contributed by atoms with van der Waals surface area (Å²) in [6, 6.07) is 17.7. The van der Waals surface area contributed by atoms with Gasteiger partial charge in [-0.15, -0.1) is 11.3 Å². The molecule has 9 heteroatoms. The standard InChI is InChI=1S/C21H16ClN3O3S2/c1-13-23-19-11-8-15(12-20(19)29-13)24-21(26)14-6-9-16(10-7-14)30(27,28)25-18-5-3-2-4-17(18)22/h2-12,25H,1H3,(H,24,26). The van der Waals surface area contributed by atoms with Crippen LogP contribution in [0.15, 0.2) is 71.6 Å². The number of sulfonamides is 1. The second kappa shape index (κ2) is 8.06. The number of fused-ring (bicyclic) bond motifs is 1. The largest absolute Gasteiger partial charge is 0.322 e. The maximum Gasteiger partial charge on any atom is 0.261 e. The minimum atomic E-state index is -3.83. The molecule has 6 nitrogen and oxygen atoms in total. The molecule has 0 radical (unpaired) electrons. The summed E-state index contributed by atoms with van der Waals surface area (Å²) in [7, 11) is -3.83. The van der Waals surface area contributed by atoms with E-state index in [-0.39, 0.29) is 16.5 Å². The molecule has 0 aliphatic rings. The minimum absolute atomic E-state index is 0.0283. The maximum atomic E-state index is 12.6. The molecule has 1 aromatic heterocycles. The molecule has 4 rings (SSSR count). The molecule has 0 atom stereocenters. The van der Waals surface area contributed by atoms with E-state index in [0.29, 0.717) is 16.3 Å². The lowest BCUT2D eigenvalue weighted by Gasteiger charge is -2.10. The van der Waals surface area contributed by atoms with E-state index < -0.39 is 10.0 Å². The van der Waals surface area contributed by atoms with Gasteiger partial charge in [-0.05, 0) is 61.5 Å². The summed E-state index contributed by atoms with van der Waals surface area (Å²) in [4.78, 5) is 17.0. The quantitative estimate of drug-likeness (QED) is 0.425. The highest BCUT2D eigenvalue weighted by Crippen LogP contribution is 2.26. The van der Waals surface area contributed by atoms with E-state index >= 15 is 0 Å². The first-order chi connectivity index (χ1) is 14.3. The monoisotopic (exact) mass is 457 g/mol. The molecule has 0 saturated carbocycles. The van der Waals surface area contributed by atoms with Crippen LogP contribution in [0.5, 0.6) is 0 Å². The number of thiazole rings is 1. The van der Waals surface area contributed by atoms with Crippen LogP contribution < -0.4 is 10.0 Å². The number of hydrogen-bond acceptors (Lipinski definition) is 5. The number of nitrogens with zero attached hydrogens (tertiary/aromatic N) is 1. The molecule has 3 aromatic carbocycles. The fourth-order valence-corrected chi connectivity index (χ4v) is 5.04. The van der Waals surface area contributed by atoms with Crippen molar-refractivity contribution in [3.05, 3.63) is 82.3 Å². The lowest BCUT2D eigenvalue weighted by molar-refractivity contribution is 0.102. The van der Waals surface area contributed by atoms with Crippen LogP contribution in [0.25, 0.3) is 10.2 Å². The number of rotatable bonds is 5. The van der Waals surface area contributed by atoms with Crippen molar-refractivity contribution >= 4 is 60.5 Å². The Morgan fingerprint density at radius 2 is 1.77 bits per heavy atom. The molecule has 0 aliphatic carbocycles. The van der Waals surface area contributed by atoms with Crippen molar-refractivity contribution in [2.45, 2.75) is 11.8 Å². The van der Waals surface area contributed by atoms with Crippen LogP contribution in [0.1, 0.15) is 15.4 Å². The smallest absolute Gasteiger partial charge is 0.261 e. The summed E-state index contributed by atoms with van der Waals surface area (Å²) >= 11 is 7.57. The summed E-state index contributed by atoms with van der Waals surface area (Å²) in [5.74, 6) is -0.335. The number of amides is 1. The van der Waals surface area contributed by atoms with Gasteiger partial charge < -0.3 is 5.32 Å². The summed E-state index contributed by atoms with van der Waals surface area (Å²) < 4.78 is 28.6. The van der Waals surface area contributed by atoms with Gasteiger partial charge in [-0.3, -0.25) is 9.52 Å². The first-order valence-electron chi connectivity index (χ1n) is 8.88. The van der Waals surface area contributed by atoms with Crippen LogP contribution in [0.2, 0.25) is 5.02 Å². The number of benzene rings is 3. The van der Waals surface area contributed by atoms with E-state index in [1.165, 1.54) is 24.3 Å². The summed E-state index contributed by atoms with van der Waals surface area (Å²) in [5.41, 5.74) is 2.16. The molecule has 0 saturated heterocycles. The molecule has 2 N–H and O–H groups in total. The van der Waals surface area contributed by atoms with Gasteiger partial charge in [-0.2, -0.15) is 0 Å². The third kappa shape index (κ3) is 4.30. The van der Waals surface area contributed by atoms with Crippen LogP contribution >= 0.6 is 22.9 Å². The minimum Gasteiger partial charge on any atom is -0.322 e. The number of carbonyl (C=O) groups excluding carboxylic acids is 1. The molecular weight excluding hydrogens is 442 g/mol. The first kappa shape index (κ1) is 20.3. The van der Waals surface area contributed by atoms with Crippen LogP contribution in [0, 0.1) is 6.92 Å². The lowest BCUT2D eigenvalue weighted by atomic mass is 10.2. The average Bonchev–Trinajstić information content (AvgIpc) is 3.09. The van der Waals surface area contributed by atoms with E-state index in [1.807, 2.05) is 19.1 Å². The Kier molecular flexibility index (Phi) is 5.46. The number of aromatic nitrogens is 1. The topological polar surface area (TPSA) is 88.2 Å². The van der Waals surface area contributed by atoms with E-state index in [1.54, 1.807) is 41.7 Å². The van der Waals surface area contributed by atoms with Gasteiger partial charge in [0.25, 0.3) is 15.9 Å². The van der Waals surface area contributed by atoms with Crippen molar-refractivity contribution in [1.82, 2.24) is 4.98 Å². The van der Waals surface area contributed by atoms with Crippen LogP contribution in [0.4, 0.5) is 11.4 Å². The lowest BCUT2D eigenvalue weighted by Crippen LogP contribution is -2.15. The predicted octanol–water partition coefficient (Wildman–Crippen LogP) is 5.31. The van der Waals surface area contributed by atoms with Gasteiger partial charge in [-0.25, -0.2) is 13.4 Å². The molecule has 1 heterocycles. The Balaban J connectivity index is 1.50. The van der Waals surface area contributed by atoms with E-state index in [9.17, 15) is 13.2 Å². The summed E-state index contributed by atoms with van der Waals surface area (Å²) in [6.07, 6.45) is 0. The Labute approximate surface area is 182 Å². The van der Waals surface area contributed by atoms with Crippen LogP contribution in [0.3, 0.4) is 0 Å². The number of anilines is 2. The second-order valence-corrected chi connectivity index (χ2v) is 9.80. The molecule has 0 aliphatic heterocycles. The summed E-state index contributed by atoms with van der Waals surface area (Å²) in [6.45, 7) is 1.93. The Morgan fingerprint density at radius 1 is 1.03 bits per heavy atom. The maximum absolute atomic E-state index is 12.6. The Morgan fingerprint density at radius 3 is 2.50 bits per heavy atom. The van der Waals surface area contributed by atoms with Crippen molar-refractivity contribution in [3.63, 3.8) is 0 Å². The van der Waals surface area contributed by atoms with Gasteiger partial charge in [0.05, 0.1) is 30.8 Å². The normalized spacial score (nSPS) is 11.4. The number of para-hydroxylation sites is 1. The molecule has 4 aromatic rings. The van der Waals surface area contributed by atoms with Gasteiger partial charge in [0.2, 0.25) is 0 Å². The van der Waals surface area contributed by atoms with E-state index in [2.05, 4.69) is 15.0 Å². The Bertz CT molecular complexity index is 1350. The van der Waals surface area contributed by atoms with Crippen molar-refractivity contribution in [3.8, 4) is 0 Å². The summed E-state index contributed by atoms with van der Waals surface area (Å²) in [5, 5.41) is 4.07. The second-order valence-electron chi connectivity index (χ2n) is 6.48. The zero-order chi connectivity index (χ0) is 21.3. The number of aryl methyl sites for hydroxylation is 1. The highest BCUT2D eigenvalue weighted by atomic mass is 35.5. The van der Waals surface area contributed by atoms with Gasteiger partial charge in [0, 0.05) is 11.3 Å². The van der Waals surface area contributed by atoms with Gasteiger partial charge >= 0.3 is 0 Å². The third-order valence-electron chi connectivity index (χ3n) is 4.30. The first-order valence-corrected chi connectivity index (χ1v) is 11.6. The highest BCUT2D eigenvalue weighted by molar-refractivity contribution is 7.92. The highest BCUT2D eigenvalue weighted by Gasteiger charge is 2.16. The number of carbonyl (C=O) groups is 1. The number of nitrogens with one attached hydrogen (secondary N) is 2. The van der Waals surface area contributed by atoms with Crippen LogP contribution in [-0.4, -0.2) is 19.3 Å². The average molecular weight is 458 g/mol. The van der Waals surface area contributed by atoms with E-state index in [0.717, 1.165) is 15.2 Å². The molecule has 0 fully saturated rings. The molecular formula is C21H16ClN3O3S2. The van der Waals surface area contributed by atoms with Crippen molar-refractivity contribution in [2.75, 3.05) is 10.0 Å². The zero-order valence-electron chi connectivity index (χ0n) is 15.7. The van der Waals surface area contributed by atoms with Crippen molar-refractivity contribution in [1.29, 1.82) is 0 Å². The SMILES string of the molecule is Cc1nc2ccc(NC(=O)c3ccc(S(=O)(=O)Nc4ccccc4Cl)cc3)cc2s1. The predicted molar refractivity (Wildman–Crippen MR) is 121 cm³/mol. The van der Waals surface area contributed by atoms with E-state index in [4.69, 9.17) is 11.6 Å². The third-order valence-corrected chi connectivity index (χ3v) is 6.94. The van der Waals surface area contributed by atoms with Crippen molar-refractivity contribution in [2.24, 2.45) is 0 Å². The molecule has 1 amide bonds.